The molecule has 1 heteroatoms. The maximum Gasteiger partial charge on any atom is 0.00952 e. The largest absolute Gasteiger partial charge is 0.300 e. The van der Waals surface area contributed by atoms with Gasteiger partial charge in [0.25, 0.3) is 0 Å². The van der Waals surface area contributed by atoms with Gasteiger partial charge in [-0.25, -0.2) is 0 Å². The smallest absolute Gasteiger partial charge is 0.00952 e. The van der Waals surface area contributed by atoms with E-state index in [1.54, 1.807) is 0 Å². The highest BCUT2D eigenvalue weighted by Crippen LogP contribution is 2.26. The zero-order valence-electron chi connectivity index (χ0n) is 11.1. The van der Waals surface area contributed by atoms with Crippen molar-refractivity contribution in [3.05, 3.63) is 0 Å². The molecule has 0 saturated heterocycles. The molecule has 0 spiro atoms. The van der Waals surface area contributed by atoms with Gasteiger partial charge >= 0.3 is 0 Å². The van der Waals surface area contributed by atoms with Gasteiger partial charge in [0.1, 0.15) is 0 Å². The number of hydrogen-bond donors (Lipinski definition) is 0. The Kier molecular flexibility index (Phi) is 5.66. The second-order valence-electron chi connectivity index (χ2n) is 5.99. The van der Waals surface area contributed by atoms with Crippen LogP contribution in [-0.4, -0.2) is 24.0 Å². The molecule has 0 bridgehead atoms. The van der Waals surface area contributed by atoms with Crippen LogP contribution in [0.15, 0.2) is 0 Å². The Morgan fingerprint density at radius 1 is 0.933 bits per heavy atom. The van der Waals surface area contributed by atoms with Gasteiger partial charge in [0.05, 0.1) is 0 Å². The molecule has 0 N–H and O–H groups in total. The third-order valence-electron chi connectivity index (χ3n) is 3.58. The summed E-state index contributed by atoms with van der Waals surface area (Å²) >= 11 is 0. The summed E-state index contributed by atoms with van der Waals surface area (Å²) in [5.74, 6) is 1.71. The minimum atomic E-state index is 0.853. The van der Waals surface area contributed by atoms with Crippen molar-refractivity contribution in [2.45, 2.75) is 65.8 Å². The van der Waals surface area contributed by atoms with Crippen LogP contribution in [0.3, 0.4) is 0 Å². The van der Waals surface area contributed by atoms with Crippen molar-refractivity contribution in [3.63, 3.8) is 0 Å². The maximum absolute atomic E-state index is 2.75. The molecule has 1 nitrogen and oxygen atoms in total. The molecule has 0 aliphatic heterocycles. The summed E-state index contributed by atoms with van der Waals surface area (Å²) in [5.41, 5.74) is 0. The van der Waals surface area contributed by atoms with Crippen LogP contribution in [0.4, 0.5) is 0 Å². The Labute approximate surface area is 96.2 Å². The molecule has 0 atom stereocenters. The first kappa shape index (κ1) is 13.0. The van der Waals surface area contributed by atoms with E-state index in [0.717, 1.165) is 17.9 Å². The molecular weight excluding hydrogens is 182 g/mol. The fourth-order valence-corrected chi connectivity index (χ4v) is 2.08. The highest BCUT2D eigenvalue weighted by atomic mass is 15.2. The van der Waals surface area contributed by atoms with E-state index >= 15 is 0 Å². The highest BCUT2D eigenvalue weighted by Gasteiger charge is 2.24. The molecule has 1 aliphatic rings. The van der Waals surface area contributed by atoms with Crippen LogP contribution in [0.2, 0.25) is 0 Å². The normalized spacial score (nSPS) is 17.8. The summed E-state index contributed by atoms with van der Waals surface area (Å²) < 4.78 is 0. The lowest BCUT2D eigenvalue weighted by atomic mass is 9.90. The Morgan fingerprint density at radius 3 is 1.67 bits per heavy atom. The van der Waals surface area contributed by atoms with E-state index in [0.29, 0.717) is 0 Å². The fourth-order valence-electron chi connectivity index (χ4n) is 2.08. The number of rotatable bonds is 7. The topological polar surface area (TPSA) is 3.24 Å². The van der Waals surface area contributed by atoms with Crippen LogP contribution in [-0.2, 0) is 0 Å². The first-order valence-electron chi connectivity index (χ1n) is 6.83. The third kappa shape index (κ3) is 5.01. The van der Waals surface area contributed by atoms with Crippen molar-refractivity contribution in [2.75, 3.05) is 13.1 Å². The van der Waals surface area contributed by atoms with Crippen LogP contribution in [0.25, 0.3) is 0 Å². The molecule has 0 aromatic carbocycles. The van der Waals surface area contributed by atoms with Gasteiger partial charge in [-0.3, -0.25) is 0 Å². The minimum Gasteiger partial charge on any atom is -0.300 e. The molecule has 1 fully saturated rings. The van der Waals surface area contributed by atoms with Crippen molar-refractivity contribution in [2.24, 2.45) is 11.8 Å². The average Bonchev–Trinajstić information content (AvgIpc) is 2.05. The van der Waals surface area contributed by atoms with Gasteiger partial charge in [0.2, 0.25) is 0 Å². The maximum atomic E-state index is 2.75. The first-order chi connectivity index (χ1) is 7.09. The third-order valence-corrected chi connectivity index (χ3v) is 3.58. The summed E-state index contributed by atoms with van der Waals surface area (Å²) in [6.07, 6.45) is 7.11. The van der Waals surface area contributed by atoms with Gasteiger partial charge in [-0.2, -0.15) is 0 Å². The molecule has 1 aliphatic carbocycles. The van der Waals surface area contributed by atoms with Crippen molar-refractivity contribution in [1.29, 1.82) is 0 Å². The van der Waals surface area contributed by atoms with Crippen molar-refractivity contribution < 1.29 is 0 Å². The van der Waals surface area contributed by atoms with Crippen LogP contribution >= 0.6 is 0 Å². The van der Waals surface area contributed by atoms with Crippen molar-refractivity contribution in [1.82, 2.24) is 4.90 Å². The molecule has 15 heavy (non-hydrogen) atoms. The molecule has 0 aromatic heterocycles. The summed E-state index contributed by atoms with van der Waals surface area (Å²) in [4.78, 5) is 2.75. The zero-order valence-corrected chi connectivity index (χ0v) is 11.1. The van der Waals surface area contributed by atoms with Crippen molar-refractivity contribution in [3.8, 4) is 0 Å². The Balaban J connectivity index is 2.25. The standard InChI is InChI=1S/C14H29N/c1-12(2)8-10-15(11-9-13(3)4)14-6-5-7-14/h12-14H,5-11H2,1-4H3. The van der Waals surface area contributed by atoms with Crippen molar-refractivity contribution >= 4 is 0 Å². The molecule has 1 rings (SSSR count). The van der Waals surface area contributed by atoms with Gasteiger partial charge in [-0.1, -0.05) is 34.1 Å². The average molecular weight is 211 g/mol. The molecule has 1 saturated carbocycles. The quantitative estimate of drug-likeness (QED) is 0.616. The Bertz CT molecular complexity index is 147. The molecule has 0 aromatic rings. The van der Waals surface area contributed by atoms with Crippen LogP contribution in [0.5, 0.6) is 0 Å². The van der Waals surface area contributed by atoms with Gasteiger partial charge in [-0.15, -0.1) is 0 Å². The highest BCUT2D eigenvalue weighted by molar-refractivity contribution is 4.80. The monoisotopic (exact) mass is 211 g/mol. The molecule has 0 amide bonds. The second-order valence-corrected chi connectivity index (χ2v) is 5.99. The molecule has 0 heterocycles. The molecule has 90 valence electrons. The van der Waals surface area contributed by atoms with E-state index in [2.05, 4.69) is 32.6 Å². The predicted octanol–water partition coefficient (Wildman–Crippen LogP) is 3.93. The van der Waals surface area contributed by atoms with Crippen LogP contribution in [0, 0.1) is 11.8 Å². The summed E-state index contributed by atoms with van der Waals surface area (Å²) in [7, 11) is 0. The van der Waals surface area contributed by atoms with E-state index < -0.39 is 0 Å². The van der Waals surface area contributed by atoms with Gasteiger partial charge in [0, 0.05) is 6.04 Å². The lowest BCUT2D eigenvalue weighted by Crippen LogP contribution is -2.41. The van der Waals surface area contributed by atoms with E-state index in [1.165, 1.54) is 45.2 Å². The number of nitrogens with zero attached hydrogens (tertiary/aromatic N) is 1. The van der Waals surface area contributed by atoms with Gasteiger partial charge in [-0.05, 0) is 50.6 Å². The minimum absolute atomic E-state index is 0.853. The second kappa shape index (κ2) is 6.52. The summed E-state index contributed by atoms with van der Waals surface area (Å²) in [6, 6.07) is 0.933. The molecule has 0 unspecified atom stereocenters. The summed E-state index contributed by atoms with van der Waals surface area (Å²) in [5, 5.41) is 0. The summed E-state index contributed by atoms with van der Waals surface area (Å²) in [6.45, 7) is 12.0. The Morgan fingerprint density at radius 2 is 1.40 bits per heavy atom. The lowest BCUT2D eigenvalue weighted by Gasteiger charge is -2.38. The number of hydrogen-bond acceptors (Lipinski definition) is 1. The first-order valence-corrected chi connectivity index (χ1v) is 6.83. The SMILES string of the molecule is CC(C)CCN(CCC(C)C)C1CCC1. The van der Waals surface area contributed by atoms with Gasteiger partial charge in [0.15, 0.2) is 0 Å². The Hall–Kier alpha value is -0.0400. The van der Waals surface area contributed by atoms with Crippen LogP contribution < -0.4 is 0 Å². The van der Waals surface area contributed by atoms with E-state index in [1.807, 2.05) is 0 Å². The van der Waals surface area contributed by atoms with E-state index in [-0.39, 0.29) is 0 Å². The van der Waals surface area contributed by atoms with Gasteiger partial charge < -0.3 is 4.90 Å². The predicted molar refractivity (Wildman–Crippen MR) is 68.1 cm³/mol. The molecule has 0 radical (unpaired) electrons. The van der Waals surface area contributed by atoms with E-state index in [4.69, 9.17) is 0 Å². The zero-order chi connectivity index (χ0) is 11.3. The van der Waals surface area contributed by atoms with E-state index in [9.17, 15) is 0 Å². The molecular formula is C14H29N. The fraction of sp³-hybridized carbons (Fsp3) is 1.00. The lowest BCUT2D eigenvalue weighted by molar-refractivity contribution is 0.115. The van der Waals surface area contributed by atoms with Crippen LogP contribution in [0.1, 0.15) is 59.8 Å².